The maximum absolute atomic E-state index is 13.3. The fourth-order valence-corrected chi connectivity index (χ4v) is 4.81. The molecule has 27 heavy (non-hydrogen) atoms. The van der Waals surface area contributed by atoms with Crippen LogP contribution in [0.2, 0.25) is 5.02 Å². The summed E-state index contributed by atoms with van der Waals surface area (Å²) in [7, 11) is -2.24. The standard InChI is InChI=1S/C17H20ClN5O2S.ClH/c1-10-14(7-8-19)11(2)23-17(21-10)15(16(20-3)22-23)26(24,25)13-6-4-5-12(18)9-13;/h4-6,9H,7-8,19H2,1-3H3,(H,20,22);1H. The average molecular weight is 430 g/mol. The van der Waals surface area contributed by atoms with E-state index in [9.17, 15) is 8.42 Å². The Morgan fingerprint density at radius 2 is 2.00 bits per heavy atom. The molecule has 0 bridgehead atoms. The van der Waals surface area contributed by atoms with Gasteiger partial charge in [-0.25, -0.2) is 17.9 Å². The zero-order valence-corrected chi connectivity index (χ0v) is 17.5. The third-order valence-electron chi connectivity index (χ3n) is 4.29. The van der Waals surface area contributed by atoms with Gasteiger partial charge in [-0.15, -0.1) is 17.5 Å². The summed E-state index contributed by atoms with van der Waals surface area (Å²) in [6, 6.07) is 6.15. The number of anilines is 1. The number of halogens is 2. The summed E-state index contributed by atoms with van der Waals surface area (Å²) < 4.78 is 28.1. The summed E-state index contributed by atoms with van der Waals surface area (Å²) in [4.78, 5) is 4.66. The van der Waals surface area contributed by atoms with Crippen LogP contribution in [-0.4, -0.2) is 36.6 Å². The molecule has 0 saturated heterocycles. The van der Waals surface area contributed by atoms with E-state index in [-0.39, 0.29) is 33.7 Å². The Kier molecular flexibility index (Phi) is 6.36. The number of hydrogen-bond donors (Lipinski definition) is 2. The Labute approximate surface area is 169 Å². The largest absolute Gasteiger partial charge is 0.370 e. The lowest BCUT2D eigenvalue weighted by Crippen LogP contribution is -2.11. The second-order valence-corrected chi connectivity index (χ2v) is 8.25. The lowest BCUT2D eigenvalue weighted by molar-refractivity contribution is 0.597. The van der Waals surface area contributed by atoms with Crippen molar-refractivity contribution in [3.63, 3.8) is 0 Å². The van der Waals surface area contributed by atoms with Crippen molar-refractivity contribution in [2.75, 3.05) is 18.9 Å². The van der Waals surface area contributed by atoms with Gasteiger partial charge in [0.1, 0.15) is 0 Å². The van der Waals surface area contributed by atoms with Crippen LogP contribution >= 0.6 is 24.0 Å². The number of benzene rings is 1. The molecule has 0 aliphatic rings. The molecule has 1 aromatic carbocycles. The quantitative estimate of drug-likeness (QED) is 0.646. The molecule has 0 aliphatic carbocycles. The predicted octanol–water partition coefficient (Wildman–Crippen LogP) is 2.80. The molecule has 146 valence electrons. The normalized spacial score (nSPS) is 11.4. The van der Waals surface area contributed by atoms with Gasteiger partial charge in [-0.05, 0) is 50.6 Å². The number of nitrogens with two attached hydrogens (primary N) is 1. The van der Waals surface area contributed by atoms with Crippen LogP contribution in [0.5, 0.6) is 0 Å². The first-order valence-corrected chi connectivity index (χ1v) is 9.94. The molecule has 2 heterocycles. The first-order chi connectivity index (χ1) is 12.3. The molecule has 0 atom stereocenters. The van der Waals surface area contributed by atoms with Crippen LogP contribution in [0.4, 0.5) is 5.82 Å². The summed E-state index contributed by atoms with van der Waals surface area (Å²) in [5.41, 5.74) is 8.50. The van der Waals surface area contributed by atoms with Crippen LogP contribution in [-0.2, 0) is 16.3 Å². The van der Waals surface area contributed by atoms with Crippen LogP contribution in [0, 0.1) is 13.8 Å². The first-order valence-electron chi connectivity index (χ1n) is 8.08. The minimum absolute atomic E-state index is 0. The molecule has 0 unspecified atom stereocenters. The molecule has 10 heteroatoms. The van der Waals surface area contributed by atoms with Gasteiger partial charge in [0.15, 0.2) is 16.4 Å². The van der Waals surface area contributed by atoms with Gasteiger partial charge in [-0.3, -0.25) is 0 Å². The van der Waals surface area contributed by atoms with Crippen molar-refractivity contribution in [3.05, 3.63) is 46.2 Å². The molecule has 7 nitrogen and oxygen atoms in total. The van der Waals surface area contributed by atoms with E-state index in [0.29, 0.717) is 18.0 Å². The predicted molar refractivity (Wildman–Crippen MR) is 109 cm³/mol. The van der Waals surface area contributed by atoms with E-state index in [2.05, 4.69) is 15.4 Å². The van der Waals surface area contributed by atoms with Crippen LogP contribution in [0.25, 0.3) is 5.65 Å². The third kappa shape index (κ3) is 3.62. The second kappa shape index (κ2) is 8.02. The van der Waals surface area contributed by atoms with E-state index < -0.39 is 9.84 Å². The van der Waals surface area contributed by atoms with E-state index >= 15 is 0 Å². The number of fused-ring (bicyclic) bond motifs is 1. The number of sulfone groups is 1. The number of rotatable bonds is 5. The van der Waals surface area contributed by atoms with Crippen molar-refractivity contribution < 1.29 is 8.42 Å². The smallest absolute Gasteiger partial charge is 0.214 e. The molecule has 0 radical (unpaired) electrons. The Morgan fingerprint density at radius 1 is 1.30 bits per heavy atom. The van der Waals surface area contributed by atoms with Crippen molar-refractivity contribution in [3.8, 4) is 0 Å². The van der Waals surface area contributed by atoms with Gasteiger partial charge in [0, 0.05) is 23.5 Å². The van der Waals surface area contributed by atoms with Gasteiger partial charge in [-0.2, -0.15) is 0 Å². The van der Waals surface area contributed by atoms with Gasteiger partial charge in [0.25, 0.3) is 0 Å². The summed E-state index contributed by atoms with van der Waals surface area (Å²) in [5.74, 6) is 0.241. The third-order valence-corrected chi connectivity index (χ3v) is 6.31. The zero-order chi connectivity index (χ0) is 19.1. The van der Waals surface area contributed by atoms with Gasteiger partial charge in [-0.1, -0.05) is 17.7 Å². The minimum atomic E-state index is -3.86. The molecular weight excluding hydrogens is 409 g/mol. The molecule has 0 aliphatic heterocycles. The van der Waals surface area contributed by atoms with Gasteiger partial charge < -0.3 is 11.1 Å². The maximum atomic E-state index is 13.3. The van der Waals surface area contributed by atoms with Crippen molar-refractivity contribution in [2.24, 2.45) is 5.73 Å². The molecule has 0 saturated carbocycles. The lowest BCUT2D eigenvalue weighted by atomic mass is 10.1. The summed E-state index contributed by atoms with van der Waals surface area (Å²) in [5, 5.41) is 7.63. The highest BCUT2D eigenvalue weighted by molar-refractivity contribution is 7.91. The Morgan fingerprint density at radius 3 is 2.59 bits per heavy atom. The topological polar surface area (TPSA) is 102 Å². The highest BCUT2D eigenvalue weighted by Gasteiger charge is 2.29. The van der Waals surface area contributed by atoms with E-state index in [0.717, 1.165) is 17.0 Å². The number of aromatic nitrogens is 3. The van der Waals surface area contributed by atoms with Crippen LogP contribution < -0.4 is 11.1 Å². The van der Waals surface area contributed by atoms with Crippen molar-refractivity contribution in [1.29, 1.82) is 0 Å². The first kappa shape index (κ1) is 21.4. The van der Waals surface area contributed by atoms with Crippen molar-refractivity contribution >= 4 is 45.3 Å². The van der Waals surface area contributed by atoms with Crippen LogP contribution in [0.3, 0.4) is 0 Å². The summed E-state index contributed by atoms with van der Waals surface area (Å²) >= 11 is 5.98. The molecule has 3 N–H and O–H groups in total. The summed E-state index contributed by atoms with van der Waals surface area (Å²) in [6.07, 6.45) is 0.645. The Bertz CT molecular complexity index is 1100. The zero-order valence-electron chi connectivity index (χ0n) is 15.2. The van der Waals surface area contributed by atoms with Crippen LogP contribution in [0.1, 0.15) is 17.0 Å². The Hall–Kier alpha value is -1.87. The summed E-state index contributed by atoms with van der Waals surface area (Å²) in [6.45, 7) is 4.21. The van der Waals surface area contributed by atoms with Crippen LogP contribution in [0.15, 0.2) is 34.1 Å². The van der Waals surface area contributed by atoms with E-state index in [1.807, 2.05) is 13.8 Å². The monoisotopic (exact) mass is 429 g/mol. The van der Waals surface area contributed by atoms with E-state index in [1.54, 1.807) is 23.7 Å². The molecule has 3 rings (SSSR count). The van der Waals surface area contributed by atoms with E-state index in [1.165, 1.54) is 12.1 Å². The van der Waals surface area contributed by atoms with E-state index in [4.69, 9.17) is 17.3 Å². The van der Waals surface area contributed by atoms with Gasteiger partial charge in [0.05, 0.1) is 4.90 Å². The van der Waals surface area contributed by atoms with Gasteiger partial charge in [0.2, 0.25) is 9.84 Å². The lowest BCUT2D eigenvalue weighted by Gasteiger charge is -2.10. The van der Waals surface area contributed by atoms with Gasteiger partial charge >= 0.3 is 0 Å². The molecule has 0 fully saturated rings. The number of aryl methyl sites for hydroxylation is 2. The molecule has 0 spiro atoms. The fourth-order valence-electron chi connectivity index (χ4n) is 3.01. The highest BCUT2D eigenvalue weighted by Crippen LogP contribution is 2.32. The number of hydrogen-bond acceptors (Lipinski definition) is 6. The molecule has 3 aromatic rings. The molecule has 0 amide bonds. The highest BCUT2D eigenvalue weighted by atomic mass is 35.5. The fraction of sp³-hybridized carbons (Fsp3) is 0.294. The number of nitrogens with zero attached hydrogens (tertiary/aromatic N) is 3. The molecular formula is C17H21Cl2N5O2S. The number of nitrogens with one attached hydrogen (secondary N) is 1. The molecule has 2 aromatic heterocycles. The van der Waals surface area contributed by atoms with Crippen molar-refractivity contribution in [2.45, 2.75) is 30.1 Å². The SMILES string of the molecule is CNc1nn2c(C)c(CCN)c(C)nc2c1S(=O)(=O)c1cccc(Cl)c1.Cl. The second-order valence-electron chi connectivity index (χ2n) is 5.92. The average Bonchev–Trinajstić information content (AvgIpc) is 2.98. The van der Waals surface area contributed by atoms with Crippen molar-refractivity contribution in [1.82, 2.24) is 14.6 Å². The minimum Gasteiger partial charge on any atom is -0.370 e. The maximum Gasteiger partial charge on any atom is 0.214 e. The Balaban J connectivity index is 0.00000261.